The minimum atomic E-state index is 0.116. The third kappa shape index (κ3) is 1.29. The summed E-state index contributed by atoms with van der Waals surface area (Å²) in [5, 5.41) is 0. The first-order valence-corrected chi connectivity index (χ1v) is 5.12. The van der Waals surface area contributed by atoms with Gasteiger partial charge in [0, 0.05) is 6.42 Å². The van der Waals surface area contributed by atoms with Crippen molar-refractivity contribution in [3.8, 4) is 5.75 Å². The molecule has 1 aliphatic carbocycles. The first-order chi connectivity index (χ1) is 6.65. The largest absolute Gasteiger partial charge is 0.495 e. The Balaban J connectivity index is 2.74. The van der Waals surface area contributed by atoms with Crippen molar-refractivity contribution in [1.29, 1.82) is 0 Å². The fraction of sp³-hybridized carbons (Fsp3) is 0.300. The van der Waals surface area contributed by atoms with Crippen LogP contribution in [-0.2, 0) is 6.42 Å². The van der Waals surface area contributed by atoms with Gasteiger partial charge in [-0.1, -0.05) is 11.5 Å². The van der Waals surface area contributed by atoms with Gasteiger partial charge in [-0.2, -0.15) is 0 Å². The lowest BCUT2D eigenvalue weighted by atomic mass is 9.88. The first-order valence-electron chi connectivity index (χ1n) is 4.33. The molecule has 0 aromatic heterocycles. The summed E-state index contributed by atoms with van der Waals surface area (Å²) in [6.07, 6.45) is 1.26. The summed E-state index contributed by atoms with van der Waals surface area (Å²) in [5.41, 5.74) is 2.24. The molecule has 70 valence electrons. The molecule has 1 aliphatic rings. The molecule has 0 aliphatic heterocycles. The van der Waals surface area contributed by atoms with Crippen molar-refractivity contribution in [2.45, 2.75) is 12.8 Å². The molecule has 4 heteroatoms. The number of hydrogen-bond acceptors (Lipinski definition) is 2. The lowest BCUT2D eigenvalue weighted by molar-refractivity contribution is 0.0992. The normalized spacial score (nSPS) is 14.3. The zero-order chi connectivity index (χ0) is 10.3. The molecular formula is C10H8BBrO2. The number of ketones is 1. The van der Waals surface area contributed by atoms with Crippen LogP contribution in [0.25, 0.3) is 0 Å². The standard InChI is InChI=1S/C10H8BBrO2/c1-14-10-7(12)4-6(11)5-2-3-8(13)9(5)10/h4H,2-3H2,1H3. The van der Waals surface area contributed by atoms with E-state index in [1.165, 1.54) is 0 Å². The predicted octanol–water partition coefficient (Wildman–Crippen LogP) is 1.38. The number of fused-ring (bicyclic) bond motifs is 1. The van der Waals surface area contributed by atoms with Crippen molar-refractivity contribution in [1.82, 2.24) is 0 Å². The number of carbonyl (C=O) groups is 1. The maximum Gasteiger partial charge on any atom is 0.167 e. The molecule has 0 unspecified atom stereocenters. The quantitative estimate of drug-likeness (QED) is 0.704. The van der Waals surface area contributed by atoms with Crippen molar-refractivity contribution in [2.75, 3.05) is 7.11 Å². The van der Waals surface area contributed by atoms with Gasteiger partial charge < -0.3 is 4.74 Å². The van der Waals surface area contributed by atoms with Crippen LogP contribution >= 0.6 is 15.9 Å². The van der Waals surface area contributed by atoms with Crippen LogP contribution in [0.4, 0.5) is 0 Å². The number of Topliss-reactive ketones (excluding diaryl/α,β-unsaturated/α-hetero) is 1. The highest BCUT2D eigenvalue weighted by atomic mass is 79.9. The van der Waals surface area contributed by atoms with Crippen molar-refractivity contribution < 1.29 is 9.53 Å². The molecule has 0 saturated heterocycles. The van der Waals surface area contributed by atoms with Gasteiger partial charge in [0.05, 0.1) is 17.1 Å². The Morgan fingerprint density at radius 1 is 1.50 bits per heavy atom. The lowest BCUT2D eigenvalue weighted by Crippen LogP contribution is -2.12. The molecule has 0 fully saturated rings. The zero-order valence-electron chi connectivity index (χ0n) is 7.76. The van der Waals surface area contributed by atoms with Gasteiger partial charge in [0.15, 0.2) is 5.78 Å². The van der Waals surface area contributed by atoms with Crippen LogP contribution in [0, 0.1) is 0 Å². The van der Waals surface area contributed by atoms with E-state index in [0.717, 1.165) is 16.5 Å². The van der Waals surface area contributed by atoms with E-state index < -0.39 is 0 Å². The van der Waals surface area contributed by atoms with Gasteiger partial charge in [-0.15, -0.1) is 0 Å². The van der Waals surface area contributed by atoms with Crippen LogP contribution in [0.5, 0.6) is 5.75 Å². The fourth-order valence-electron chi connectivity index (χ4n) is 1.82. The summed E-state index contributed by atoms with van der Waals surface area (Å²) in [5.74, 6) is 0.724. The minimum absolute atomic E-state index is 0.116. The topological polar surface area (TPSA) is 26.3 Å². The second kappa shape index (κ2) is 3.42. The molecule has 2 radical (unpaired) electrons. The molecular weight excluding hydrogens is 243 g/mol. The molecule has 14 heavy (non-hydrogen) atoms. The summed E-state index contributed by atoms with van der Waals surface area (Å²) in [6.45, 7) is 0. The maximum atomic E-state index is 11.6. The number of halogens is 1. The lowest BCUT2D eigenvalue weighted by Gasteiger charge is -2.11. The molecule has 0 bridgehead atoms. The molecule has 0 spiro atoms. The van der Waals surface area contributed by atoms with Gasteiger partial charge in [0.1, 0.15) is 13.6 Å². The summed E-state index contributed by atoms with van der Waals surface area (Å²) in [7, 11) is 7.38. The molecule has 2 rings (SSSR count). The molecule has 2 nitrogen and oxygen atoms in total. The van der Waals surface area contributed by atoms with Crippen LogP contribution in [0.2, 0.25) is 0 Å². The Hall–Kier alpha value is -0.765. The molecule has 0 saturated carbocycles. The average molecular weight is 251 g/mol. The minimum Gasteiger partial charge on any atom is -0.495 e. The Kier molecular flexibility index (Phi) is 2.39. The van der Waals surface area contributed by atoms with Crippen molar-refractivity contribution in [3.05, 3.63) is 21.7 Å². The maximum absolute atomic E-state index is 11.6. The summed E-state index contributed by atoms with van der Waals surface area (Å²) >= 11 is 3.33. The van der Waals surface area contributed by atoms with E-state index in [-0.39, 0.29) is 5.78 Å². The number of methoxy groups -OCH3 is 1. The third-order valence-electron chi connectivity index (χ3n) is 2.46. The number of ether oxygens (including phenoxy) is 1. The molecule has 1 aromatic carbocycles. The summed E-state index contributed by atoms with van der Waals surface area (Å²) in [6, 6.07) is 1.79. The second-order valence-electron chi connectivity index (χ2n) is 3.26. The van der Waals surface area contributed by atoms with Crippen LogP contribution in [0.15, 0.2) is 10.5 Å². The number of carbonyl (C=O) groups excluding carboxylic acids is 1. The Morgan fingerprint density at radius 3 is 2.86 bits per heavy atom. The van der Waals surface area contributed by atoms with Crippen LogP contribution in [0.3, 0.4) is 0 Å². The van der Waals surface area contributed by atoms with Crippen LogP contribution in [-0.4, -0.2) is 20.7 Å². The fourth-order valence-corrected chi connectivity index (χ4v) is 2.42. The monoisotopic (exact) mass is 250 g/mol. The van der Waals surface area contributed by atoms with Gasteiger partial charge in [-0.3, -0.25) is 4.79 Å². The summed E-state index contributed by atoms with van der Waals surface area (Å²) < 4.78 is 5.93. The average Bonchev–Trinajstić information content (AvgIpc) is 2.50. The van der Waals surface area contributed by atoms with E-state index >= 15 is 0 Å². The number of hydrogen-bond donors (Lipinski definition) is 0. The molecule has 0 N–H and O–H groups in total. The van der Waals surface area contributed by atoms with Crippen molar-refractivity contribution in [2.24, 2.45) is 0 Å². The highest BCUT2D eigenvalue weighted by molar-refractivity contribution is 9.10. The Labute approximate surface area is 92.2 Å². The SMILES string of the molecule is [B]c1cc(Br)c(OC)c2c1CCC2=O. The van der Waals surface area contributed by atoms with Gasteiger partial charge in [-0.25, -0.2) is 0 Å². The van der Waals surface area contributed by atoms with Gasteiger partial charge in [0.25, 0.3) is 0 Å². The Bertz CT molecular complexity index is 415. The van der Waals surface area contributed by atoms with Gasteiger partial charge >= 0.3 is 0 Å². The Morgan fingerprint density at radius 2 is 2.21 bits per heavy atom. The highest BCUT2D eigenvalue weighted by Gasteiger charge is 2.26. The smallest absolute Gasteiger partial charge is 0.167 e. The molecule has 0 heterocycles. The van der Waals surface area contributed by atoms with E-state index in [1.807, 2.05) is 0 Å². The van der Waals surface area contributed by atoms with Crippen LogP contribution < -0.4 is 10.2 Å². The number of rotatable bonds is 1. The van der Waals surface area contributed by atoms with Gasteiger partial charge in [0.2, 0.25) is 0 Å². The molecule has 0 amide bonds. The third-order valence-corrected chi connectivity index (χ3v) is 3.05. The second-order valence-corrected chi connectivity index (χ2v) is 4.11. The first kappa shape index (κ1) is 9.78. The molecule has 1 aromatic rings. The van der Waals surface area contributed by atoms with E-state index in [2.05, 4.69) is 15.9 Å². The van der Waals surface area contributed by atoms with Gasteiger partial charge in [-0.05, 0) is 27.9 Å². The van der Waals surface area contributed by atoms with E-state index in [4.69, 9.17) is 12.6 Å². The van der Waals surface area contributed by atoms with Crippen molar-refractivity contribution in [3.63, 3.8) is 0 Å². The van der Waals surface area contributed by atoms with Crippen LogP contribution in [0.1, 0.15) is 22.3 Å². The number of benzene rings is 1. The van der Waals surface area contributed by atoms with E-state index in [0.29, 0.717) is 23.2 Å². The van der Waals surface area contributed by atoms with Crippen molar-refractivity contribution >= 4 is 35.0 Å². The summed E-state index contributed by atoms with van der Waals surface area (Å²) in [4.78, 5) is 11.6. The zero-order valence-corrected chi connectivity index (χ0v) is 9.35. The van der Waals surface area contributed by atoms with E-state index in [9.17, 15) is 4.79 Å². The molecule has 0 atom stereocenters. The van der Waals surface area contributed by atoms with E-state index in [1.54, 1.807) is 13.2 Å². The highest BCUT2D eigenvalue weighted by Crippen LogP contribution is 2.35. The predicted molar refractivity (Wildman–Crippen MR) is 58.7 cm³/mol.